The minimum atomic E-state index is -0.787. The van der Waals surface area contributed by atoms with Gasteiger partial charge in [0.15, 0.2) is 0 Å². The molecule has 2 aromatic rings. The van der Waals surface area contributed by atoms with Crippen LogP contribution in [0.3, 0.4) is 0 Å². The van der Waals surface area contributed by atoms with Crippen LogP contribution in [-0.4, -0.2) is 67.0 Å². The molecule has 3 N–H and O–H groups in total. The van der Waals surface area contributed by atoms with Gasteiger partial charge < -0.3 is 20.4 Å². The quantitative estimate of drug-likeness (QED) is 0.621. The average molecular weight is 358 g/mol. The molecule has 0 unspecified atom stereocenters. The number of benzene rings is 1. The highest BCUT2D eigenvalue weighted by molar-refractivity contribution is 5.88. The molecule has 1 aliphatic rings. The van der Waals surface area contributed by atoms with Crippen molar-refractivity contribution in [2.75, 3.05) is 33.3 Å². The van der Waals surface area contributed by atoms with Crippen molar-refractivity contribution in [1.82, 2.24) is 20.5 Å². The van der Waals surface area contributed by atoms with Crippen LogP contribution in [-0.2, 0) is 25.5 Å². The molecule has 1 aromatic heterocycles. The number of esters is 1. The number of amides is 2. The Labute approximate surface area is 150 Å². The molecule has 2 heterocycles. The molecule has 0 aliphatic carbocycles. The van der Waals surface area contributed by atoms with Crippen LogP contribution in [0.2, 0.25) is 0 Å². The molecule has 1 atom stereocenters. The highest BCUT2D eigenvalue weighted by atomic mass is 16.5. The lowest BCUT2D eigenvalue weighted by Crippen LogP contribution is -2.52. The van der Waals surface area contributed by atoms with Crippen molar-refractivity contribution in [3.63, 3.8) is 0 Å². The standard InChI is InChI=1S/C18H22N4O4/c1-26-18(25)15(8-12-9-20-14-5-3-2-4-13(12)14)21-17(24)11-22-7-6-19-16(23)10-22/h2-5,9,15,20H,6-8,10-11H2,1H3,(H,19,23)(H,21,24)/t15-/m1/s1. The Balaban J connectivity index is 1.67. The van der Waals surface area contributed by atoms with E-state index < -0.39 is 12.0 Å². The third-order valence-corrected chi connectivity index (χ3v) is 4.40. The number of hydrogen-bond donors (Lipinski definition) is 3. The zero-order chi connectivity index (χ0) is 18.5. The maximum atomic E-state index is 12.3. The monoisotopic (exact) mass is 358 g/mol. The maximum absolute atomic E-state index is 12.3. The van der Waals surface area contributed by atoms with E-state index in [1.54, 1.807) is 4.90 Å². The van der Waals surface area contributed by atoms with Crippen LogP contribution in [0.25, 0.3) is 10.9 Å². The second-order valence-corrected chi connectivity index (χ2v) is 6.27. The number of methoxy groups -OCH3 is 1. The summed E-state index contributed by atoms with van der Waals surface area (Å²) in [6, 6.07) is 6.98. The van der Waals surface area contributed by atoms with Crippen LogP contribution < -0.4 is 10.6 Å². The third kappa shape index (κ3) is 4.20. The molecular formula is C18H22N4O4. The fourth-order valence-electron chi connectivity index (χ4n) is 3.13. The van der Waals surface area contributed by atoms with Gasteiger partial charge in [0, 0.05) is 36.6 Å². The summed E-state index contributed by atoms with van der Waals surface area (Å²) in [5.41, 5.74) is 1.89. The number of fused-ring (bicyclic) bond motifs is 1. The van der Waals surface area contributed by atoms with Gasteiger partial charge in [0.25, 0.3) is 0 Å². The van der Waals surface area contributed by atoms with Gasteiger partial charge in [0.2, 0.25) is 11.8 Å². The minimum Gasteiger partial charge on any atom is -0.467 e. The Kier molecular flexibility index (Phi) is 5.52. The van der Waals surface area contributed by atoms with Crippen LogP contribution >= 0.6 is 0 Å². The fraction of sp³-hybridized carbons (Fsp3) is 0.389. The van der Waals surface area contributed by atoms with Gasteiger partial charge in [-0.3, -0.25) is 14.5 Å². The molecular weight excluding hydrogens is 336 g/mol. The van der Waals surface area contributed by atoms with E-state index in [0.29, 0.717) is 19.5 Å². The van der Waals surface area contributed by atoms with Crippen molar-refractivity contribution >= 4 is 28.7 Å². The van der Waals surface area contributed by atoms with Crippen molar-refractivity contribution in [3.05, 3.63) is 36.0 Å². The minimum absolute atomic E-state index is 0.0643. The molecule has 8 heteroatoms. The smallest absolute Gasteiger partial charge is 0.328 e. The lowest BCUT2D eigenvalue weighted by molar-refractivity contribution is -0.145. The molecule has 1 saturated heterocycles. The Hall–Kier alpha value is -2.87. The number of ether oxygens (including phenoxy) is 1. The van der Waals surface area contributed by atoms with E-state index in [-0.39, 0.29) is 24.9 Å². The van der Waals surface area contributed by atoms with Gasteiger partial charge in [0.1, 0.15) is 6.04 Å². The molecule has 0 radical (unpaired) electrons. The van der Waals surface area contributed by atoms with Gasteiger partial charge >= 0.3 is 5.97 Å². The van der Waals surface area contributed by atoms with Gasteiger partial charge in [-0.05, 0) is 11.6 Å². The zero-order valence-corrected chi connectivity index (χ0v) is 14.6. The Morgan fingerprint density at radius 3 is 2.92 bits per heavy atom. The number of piperazine rings is 1. The normalized spacial score (nSPS) is 16.1. The van der Waals surface area contributed by atoms with Crippen molar-refractivity contribution in [3.8, 4) is 0 Å². The van der Waals surface area contributed by atoms with E-state index in [1.165, 1.54) is 7.11 Å². The molecule has 1 aromatic carbocycles. The lowest BCUT2D eigenvalue weighted by Gasteiger charge is -2.26. The number of aromatic amines is 1. The fourth-order valence-corrected chi connectivity index (χ4v) is 3.13. The second-order valence-electron chi connectivity index (χ2n) is 6.27. The van der Waals surface area contributed by atoms with E-state index >= 15 is 0 Å². The molecule has 1 fully saturated rings. The first-order valence-electron chi connectivity index (χ1n) is 8.48. The van der Waals surface area contributed by atoms with E-state index in [4.69, 9.17) is 4.74 Å². The predicted molar refractivity (Wildman–Crippen MR) is 95.4 cm³/mol. The SMILES string of the molecule is COC(=O)[C@@H](Cc1c[nH]c2ccccc12)NC(=O)CN1CCNC(=O)C1. The highest BCUT2D eigenvalue weighted by Crippen LogP contribution is 2.19. The van der Waals surface area contributed by atoms with E-state index in [1.807, 2.05) is 30.5 Å². The number of rotatable bonds is 6. The largest absolute Gasteiger partial charge is 0.467 e. The van der Waals surface area contributed by atoms with Crippen LogP contribution in [0.4, 0.5) is 0 Å². The molecule has 26 heavy (non-hydrogen) atoms. The van der Waals surface area contributed by atoms with Crippen molar-refractivity contribution < 1.29 is 19.1 Å². The Morgan fingerprint density at radius 2 is 2.15 bits per heavy atom. The summed E-state index contributed by atoms with van der Waals surface area (Å²) in [5.74, 6) is -0.915. The first kappa shape index (κ1) is 17.9. The topological polar surface area (TPSA) is 104 Å². The molecule has 0 bridgehead atoms. The molecule has 0 spiro atoms. The summed E-state index contributed by atoms with van der Waals surface area (Å²) >= 11 is 0. The summed E-state index contributed by atoms with van der Waals surface area (Å²) in [6.07, 6.45) is 2.16. The number of nitrogens with zero attached hydrogens (tertiary/aromatic N) is 1. The van der Waals surface area contributed by atoms with Gasteiger partial charge in [-0.25, -0.2) is 4.79 Å². The Bertz CT molecular complexity index is 816. The summed E-state index contributed by atoms with van der Waals surface area (Å²) in [5, 5.41) is 6.45. The number of nitrogens with one attached hydrogen (secondary N) is 3. The van der Waals surface area contributed by atoms with Crippen molar-refractivity contribution in [1.29, 1.82) is 0 Å². The number of aromatic nitrogens is 1. The van der Waals surface area contributed by atoms with Crippen LogP contribution in [0.5, 0.6) is 0 Å². The summed E-state index contributed by atoms with van der Waals surface area (Å²) in [7, 11) is 1.30. The third-order valence-electron chi connectivity index (χ3n) is 4.40. The zero-order valence-electron chi connectivity index (χ0n) is 14.6. The van der Waals surface area contributed by atoms with Gasteiger partial charge in [-0.2, -0.15) is 0 Å². The molecule has 138 valence electrons. The van der Waals surface area contributed by atoms with E-state index in [9.17, 15) is 14.4 Å². The first-order valence-corrected chi connectivity index (χ1v) is 8.48. The van der Waals surface area contributed by atoms with Crippen LogP contribution in [0.15, 0.2) is 30.5 Å². The lowest BCUT2D eigenvalue weighted by atomic mass is 10.0. The molecule has 8 nitrogen and oxygen atoms in total. The molecule has 0 saturated carbocycles. The summed E-state index contributed by atoms with van der Waals surface area (Å²) in [4.78, 5) is 40.8. The number of hydrogen-bond acceptors (Lipinski definition) is 5. The van der Waals surface area contributed by atoms with Crippen molar-refractivity contribution in [2.24, 2.45) is 0 Å². The Morgan fingerprint density at radius 1 is 1.35 bits per heavy atom. The number of carbonyl (C=O) groups excluding carboxylic acids is 3. The van der Waals surface area contributed by atoms with Crippen LogP contribution in [0, 0.1) is 0 Å². The summed E-state index contributed by atoms with van der Waals surface area (Å²) in [6.45, 7) is 1.36. The van der Waals surface area contributed by atoms with E-state index in [2.05, 4.69) is 15.6 Å². The van der Waals surface area contributed by atoms with Gasteiger partial charge in [-0.15, -0.1) is 0 Å². The van der Waals surface area contributed by atoms with E-state index in [0.717, 1.165) is 16.5 Å². The molecule has 2 amide bonds. The maximum Gasteiger partial charge on any atom is 0.328 e. The van der Waals surface area contributed by atoms with Gasteiger partial charge in [0.05, 0.1) is 20.2 Å². The highest BCUT2D eigenvalue weighted by Gasteiger charge is 2.25. The first-order chi connectivity index (χ1) is 12.6. The number of carbonyl (C=O) groups is 3. The number of H-pyrrole nitrogens is 1. The van der Waals surface area contributed by atoms with Crippen molar-refractivity contribution in [2.45, 2.75) is 12.5 Å². The van der Waals surface area contributed by atoms with Crippen LogP contribution in [0.1, 0.15) is 5.56 Å². The molecule has 3 rings (SSSR count). The summed E-state index contributed by atoms with van der Waals surface area (Å²) < 4.78 is 4.84. The second kappa shape index (κ2) is 8.01. The molecule has 1 aliphatic heterocycles. The average Bonchev–Trinajstić information content (AvgIpc) is 3.03. The number of para-hydroxylation sites is 1. The van der Waals surface area contributed by atoms with Gasteiger partial charge in [-0.1, -0.05) is 18.2 Å². The predicted octanol–water partition coefficient (Wildman–Crippen LogP) is -0.200.